The van der Waals surface area contributed by atoms with Crippen molar-refractivity contribution in [3.05, 3.63) is 12.2 Å². The van der Waals surface area contributed by atoms with Crippen LogP contribution in [0.3, 0.4) is 0 Å². The Morgan fingerprint density at radius 1 is 0.652 bits per heavy atom. The molecule has 9 nitrogen and oxygen atoms in total. The number of rotatable bonds is 33. The summed E-state index contributed by atoms with van der Waals surface area (Å²) in [7, 11) is 0. The summed E-state index contributed by atoms with van der Waals surface area (Å²) in [5.74, 6) is -2.39. The Bertz CT molecular complexity index is 803. The molecule has 268 valence electrons. The van der Waals surface area contributed by atoms with Crippen LogP contribution in [0.5, 0.6) is 0 Å². The molecule has 46 heavy (non-hydrogen) atoms. The highest BCUT2D eigenvalue weighted by Crippen LogP contribution is 2.16. The summed E-state index contributed by atoms with van der Waals surface area (Å²) in [5, 5.41) is 22.4. The lowest BCUT2D eigenvalue weighted by Gasteiger charge is -2.15. The van der Waals surface area contributed by atoms with Crippen molar-refractivity contribution in [2.45, 2.75) is 187 Å². The molecule has 2 atom stereocenters. The first-order chi connectivity index (χ1) is 22.3. The molecule has 0 radical (unpaired) electrons. The normalized spacial score (nSPS) is 12.6. The third-order valence-corrected chi connectivity index (χ3v) is 8.25. The van der Waals surface area contributed by atoms with E-state index in [1.807, 2.05) is 0 Å². The molecule has 0 saturated heterocycles. The summed E-state index contributed by atoms with van der Waals surface area (Å²) >= 11 is 0. The van der Waals surface area contributed by atoms with Gasteiger partial charge in [0.1, 0.15) is 12.1 Å². The Morgan fingerprint density at radius 2 is 1.15 bits per heavy atom. The molecule has 0 aromatic heterocycles. The Labute approximate surface area is 280 Å². The number of amides is 2. The number of hydrogen-bond donors (Lipinski definition) is 4. The first-order valence-electron chi connectivity index (χ1n) is 18.6. The fourth-order valence-electron chi connectivity index (χ4n) is 5.33. The Hall–Kier alpha value is -2.42. The molecular formula is C37H68N2O7. The van der Waals surface area contributed by atoms with E-state index < -0.39 is 24.5 Å². The third kappa shape index (κ3) is 29.0. The molecule has 0 aromatic rings. The fourth-order valence-corrected chi connectivity index (χ4v) is 5.33. The van der Waals surface area contributed by atoms with Gasteiger partial charge in [-0.05, 0) is 44.6 Å². The molecule has 2 unspecified atom stereocenters. The number of unbranched alkanes of at least 4 members (excludes halogenated alkanes) is 19. The van der Waals surface area contributed by atoms with Crippen LogP contribution < -0.4 is 10.6 Å². The fraction of sp³-hybridized carbons (Fsp3) is 0.838. The lowest BCUT2D eigenvalue weighted by atomic mass is 10.0. The van der Waals surface area contributed by atoms with E-state index >= 15 is 0 Å². The van der Waals surface area contributed by atoms with Crippen molar-refractivity contribution in [3.8, 4) is 0 Å². The molecular weight excluding hydrogens is 584 g/mol. The van der Waals surface area contributed by atoms with Crippen LogP contribution in [0.25, 0.3) is 0 Å². The van der Waals surface area contributed by atoms with Gasteiger partial charge in [-0.25, -0.2) is 4.79 Å². The number of aliphatic hydroxyl groups is 1. The summed E-state index contributed by atoms with van der Waals surface area (Å²) in [6.45, 7) is 3.41. The topological polar surface area (TPSA) is 142 Å². The van der Waals surface area contributed by atoms with Crippen molar-refractivity contribution in [3.63, 3.8) is 0 Å². The van der Waals surface area contributed by atoms with Crippen molar-refractivity contribution < 1.29 is 34.1 Å². The van der Waals surface area contributed by atoms with E-state index in [1.54, 1.807) is 0 Å². The molecule has 0 rings (SSSR count). The number of carbonyl (C=O) groups is 4. The van der Waals surface area contributed by atoms with Gasteiger partial charge in [0.15, 0.2) is 0 Å². The van der Waals surface area contributed by atoms with E-state index in [9.17, 15) is 19.2 Å². The van der Waals surface area contributed by atoms with Crippen LogP contribution in [0.1, 0.15) is 174 Å². The van der Waals surface area contributed by atoms with Gasteiger partial charge in [0.05, 0.1) is 13.2 Å². The van der Waals surface area contributed by atoms with E-state index in [0.717, 1.165) is 51.4 Å². The third-order valence-electron chi connectivity index (χ3n) is 8.25. The number of aliphatic hydroxyl groups excluding tert-OH is 1. The highest BCUT2D eigenvalue weighted by molar-refractivity contribution is 5.87. The van der Waals surface area contributed by atoms with E-state index in [0.29, 0.717) is 12.8 Å². The standard InChI is InChI=1S/C37H68N2O7/c1-3-5-7-9-11-12-13-14-15-16-17-19-25-29-36(43)46-32(26-22-18-10-8-6-4-2)27-23-20-21-24-28-34(41)38-30-35(42)39-33(31-40)37(44)45/h22,26,32-33,40H,3-21,23-25,27-31H2,1-2H3,(H,38,41)(H,39,42)(H,44,45)/b26-22-. The number of aliphatic carboxylic acids is 1. The van der Waals surface area contributed by atoms with Crippen LogP contribution >= 0.6 is 0 Å². The Balaban J connectivity index is 4.19. The number of carboxylic acids is 1. The second-order valence-electron chi connectivity index (χ2n) is 12.7. The van der Waals surface area contributed by atoms with E-state index in [2.05, 4.69) is 36.6 Å². The number of allylic oxidation sites excluding steroid dienone is 1. The van der Waals surface area contributed by atoms with Crippen molar-refractivity contribution in [2.75, 3.05) is 13.2 Å². The predicted octanol–water partition coefficient (Wildman–Crippen LogP) is 7.92. The number of esters is 1. The zero-order valence-corrected chi connectivity index (χ0v) is 29.3. The molecule has 0 saturated carbocycles. The quantitative estimate of drug-likeness (QED) is 0.0320. The summed E-state index contributed by atoms with van der Waals surface area (Å²) in [4.78, 5) is 47.2. The maximum absolute atomic E-state index is 12.6. The van der Waals surface area contributed by atoms with Gasteiger partial charge in [-0.2, -0.15) is 0 Å². The van der Waals surface area contributed by atoms with Crippen LogP contribution in [-0.2, 0) is 23.9 Å². The molecule has 9 heteroatoms. The molecule has 0 aliphatic carbocycles. The Morgan fingerprint density at radius 3 is 1.70 bits per heavy atom. The van der Waals surface area contributed by atoms with Crippen molar-refractivity contribution in [1.29, 1.82) is 0 Å². The number of ether oxygens (including phenoxy) is 1. The molecule has 0 heterocycles. The first-order valence-corrected chi connectivity index (χ1v) is 18.6. The Kier molecular flexibility index (Phi) is 30.8. The molecule has 0 fully saturated rings. The van der Waals surface area contributed by atoms with Gasteiger partial charge in [0.2, 0.25) is 11.8 Å². The first kappa shape index (κ1) is 43.6. The van der Waals surface area contributed by atoms with Gasteiger partial charge in [-0.15, -0.1) is 0 Å². The maximum Gasteiger partial charge on any atom is 0.328 e. The maximum atomic E-state index is 12.6. The zero-order valence-electron chi connectivity index (χ0n) is 29.3. The molecule has 0 aliphatic heterocycles. The molecule has 0 spiro atoms. The number of nitrogens with one attached hydrogen (secondary N) is 2. The lowest BCUT2D eigenvalue weighted by molar-refractivity contribution is -0.147. The van der Waals surface area contributed by atoms with Crippen molar-refractivity contribution in [1.82, 2.24) is 10.6 Å². The summed E-state index contributed by atoms with van der Waals surface area (Å²) in [6, 6.07) is -1.39. The van der Waals surface area contributed by atoms with Crippen LogP contribution in [0.2, 0.25) is 0 Å². The van der Waals surface area contributed by atoms with Crippen LogP contribution in [0, 0.1) is 0 Å². The molecule has 2 amide bonds. The van der Waals surface area contributed by atoms with Gasteiger partial charge >= 0.3 is 11.9 Å². The minimum Gasteiger partial charge on any atom is -0.480 e. The van der Waals surface area contributed by atoms with Gasteiger partial charge in [-0.3, -0.25) is 14.4 Å². The van der Waals surface area contributed by atoms with Gasteiger partial charge in [-0.1, -0.05) is 129 Å². The summed E-state index contributed by atoms with van der Waals surface area (Å²) in [6.07, 6.45) is 31.2. The second kappa shape index (κ2) is 32.5. The van der Waals surface area contributed by atoms with E-state index in [-0.39, 0.29) is 30.9 Å². The van der Waals surface area contributed by atoms with Gasteiger partial charge in [0.25, 0.3) is 0 Å². The molecule has 0 aromatic carbocycles. The van der Waals surface area contributed by atoms with Crippen LogP contribution in [0.15, 0.2) is 12.2 Å². The smallest absolute Gasteiger partial charge is 0.328 e. The zero-order chi connectivity index (χ0) is 34.1. The predicted molar refractivity (Wildman–Crippen MR) is 185 cm³/mol. The number of hydrogen-bond acceptors (Lipinski definition) is 6. The average Bonchev–Trinajstić information content (AvgIpc) is 3.03. The largest absolute Gasteiger partial charge is 0.480 e. The van der Waals surface area contributed by atoms with Crippen molar-refractivity contribution in [2.24, 2.45) is 0 Å². The van der Waals surface area contributed by atoms with E-state index in [4.69, 9.17) is 14.9 Å². The lowest BCUT2D eigenvalue weighted by Crippen LogP contribution is -2.47. The van der Waals surface area contributed by atoms with Gasteiger partial charge in [0, 0.05) is 12.8 Å². The van der Waals surface area contributed by atoms with Gasteiger partial charge < -0.3 is 25.6 Å². The summed E-state index contributed by atoms with van der Waals surface area (Å²) < 4.78 is 5.85. The van der Waals surface area contributed by atoms with E-state index in [1.165, 1.54) is 89.9 Å². The van der Waals surface area contributed by atoms with Crippen LogP contribution in [0.4, 0.5) is 0 Å². The minimum absolute atomic E-state index is 0.113. The van der Waals surface area contributed by atoms with Crippen molar-refractivity contribution >= 4 is 23.8 Å². The molecule has 0 aliphatic rings. The number of carboxylic acid groups (broad SMARTS) is 1. The summed E-state index contributed by atoms with van der Waals surface area (Å²) in [5.41, 5.74) is 0. The molecule has 4 N–H and O–H groups in total. The second-order valence-corrected chi connectivity index (χ2v) is 12.7. The SMILES string of the molecule is CCCCCC/C=C\C(CCCCCCC(=O)NCC(=O)NC(CO)C(=O)O)OC(=O)CCCCCCCCCCCCCCC. The molecule has 0 bridgehead atoms. The average molecular weight is 653 g/mol. The highest BCUT2D eigenvalue weighted by Gasteiger charge is 2.18. The minimum atomic E-state index is -1.39. The van der Waals surface area contributed by atoms with Crippen LogP contribution in [-0.4, -0.2) is 59.3 Å². The highest BCUT2D eigenvalue weighted by atomic mass is 16.5. The number of carbonyl (C=O) groups excluding carboxylic acids is 3. The monoisotopic (exact) mass is 653 g/mol.